The van der Waals surface area contributed by atoms with Gasteiger partial charge in [-0.05, 0) is 31.0 Å². The van der Waals surface area contributed by atoms with Crippen molar-refractivity contribution >= 4 is 38.8 Å². The van der Waals surface area contributed by atoms with E-state index in [4.69, 9.17) is 5.11 Å². The van der Waals surface area contributed by atoms with Crippen molar-refractivity contribution in [3.05, 3.63) is 34.4 Å². The number of benzene rings is 1. The maximum Gasteiger partial charge on any atom is 0.407 e. The van der Waals surface area contributed by atoms with Gasteiger partial charge in [0.25, 0.3) is 0 Å². The zero-order valence-electron chi connectivity index (χ0n) is 12.3. The molecule has 2 aromatic rings. The van der Waals surface area contributed by atoms with Gasteiger partial charge >= 0.3 is 6.09 Å². The summed E-state index contributed by atoms with van der Waals surface area (Å²) in [4.78, 5) is 24.6. The number of carbonyl (C=O) groups is 2. The van der Waals surface area contributed by atoms with E-state index in [1.165, 1.54) is 4.90 Å². The highest BCUT2D eigenvalue weighted by Crippen LogP contribution is 2.33. The van der Waals surface area contributed by atoms with Gasteiger partial charge in [-0.25, -0.2) is 4.79 Å². The molecule has 1 saturated heterocycles. The molecule has 1 aromatic carbocycles. The Morgan fingerprint density at radius 2 is 1.91 bits per heavy atom. The first-order chi connectivity index (χ1) is 10.5. The van der Waals surface area contributed by atoms with Gasteiger partial charge in [-0.2, -0.15) is 0 Å². The maximum absolute atomic E-state index is 12.1. The summed E-state index contributed by atoms with van der Waals surface area (Å²) in [5.74, 6) is 0.203. The van der Waals surface area contributed by atoms with E-state index < -0.39 is 6.09 Å². The molecule has 0 unspecified atom stereocenters. The van der Waals surface area contributed by atoms with Crippen LogP contribution in [0.25, 0.3) is 10.9 Å². The quantitative estimate of drug-likeness (QED) is 0.833. The van der Waals surface area contributed by atoms with Crippen molar-refractivity contribution in [2.45, 2.75) is 25.7 Å². The number of hydrogen-bond acceptors (Lipinski definition) is 2. The summed E-state index contributed by atoms with van der Waals surface area (Å²) in [6.07, 6.45) is 0.628. The Bertz CT molecular complexity index is 745. The first-order valence-electron chi connectivity index (χ1n) is 7.27. The van der Waals surface area contributed by atoms with Crippen LogP contribution in [-0.4, -0.2) is 39.7 Å². The summed E-state index contributed by atoms with van der Waals surface area (Å²) in [5.41, 5.74) is 1.89. The van der Waals surface area contributed by atoms with E-state index in [2.05, 4.69) is 22.0 Å². The number of nitrogens with zero attached hydrogens (tertiary/aromatic N) is 2. The van der Waals surface area contributed by atoms with Crippen molar-refractivity contribution < 1.29 is 14.7 Å². The van der Waals surface area contributed by atoms with Crippen LogP contribution < -0.4 is 0 Å². The van der Waals surface area contributed by atoms with Gasteiger partial charge < -0.3 is 10.0 Å². The molecule has 116 valence electrons. The molecule has 0 atom stereocenters. The Morgan fingerprint density at radius 1 is 1.23 bits per heavy atom. The van der Waals surface area contributed by atoms with Crippen molar-refractivity contribution in [1.82, 2.24) is 9.47 Å². The average Bonchev–Trinajstić information content (AvgIpc) is 2.85. The lowest BCUT2D eigenvalue weighted by atomic mass is 9.93. The summed E-state index contributed by atoms with van der Waals surface area (Å²) >= 11 is 3.45. The third-order valence-corrected chi connectivity index (χ3v) is 4.79. The van der Waals surface area contributed by atoms with Gasteiger partial charge in [0.15, 0.2) is 0 Å². The fourth-order valence-corrected chi connectivity index (χ4v) is 3.56. The molecule has 2 heterocycles. The van der Waals surface area contributed by atoms with Crippen molar-refractivity contribution in [3.63, 3.8) is 0 Å². The largest absolute Gasteiger partial charge is 0.465 e. The predicted molar refractivity (Wildman–Crippen MR) is 87.5 cm³/mol. The molecule has 1 aromatic heterocycles. The fraction of sp³-hybridized carbons (Fsp3) is 0.375. The van der Waals surface area contributed by atoms with Crippen LogP contribution in [-0.2, 0) is 0 Å². The summed E-state index contributed by atoms with van der Waals surface area (Å²) in [6, 6.07) is 7.97. The zero-order chi connectivity index (χ0) is 15.9. The zero-order valence-corrected chi connectivity index (χ0v) is 13.8. The maximum atomic E-state index is 12.1. The number of halogens is 1. The van der Waals surface area contributed by atoms with E-state index >= 15 is 0 Å². The molecule has 1 N–H and O–H groups in total. The molecular weight excluding hydrogens is 348 g/mol. The molecule has 22 heavy (non-hydrogen) atoms. The lowest BCUT2D eigenvalue weighted by Gasteiger charge is -2.30. The first kappa shape index (κ1) is 15.1. The van der Waals surface area contributed by atoms with E-state index in [0.717, 1.165) is 33.9 Å². The molecule has 0 aliphatic carbocycles. The van der Waals surface area contributed by atoms with Crippen LogP contribution in [0.5, 0.6) is 0 Å². The number of likely N-dealkylation sites (tertiary alicyclic amines) is 1. The predicted octanol–water partition coefficient (Wildman–Crippen LogP) is 3.92. The Morgan fingerprint density at radius 3 is 2.50 bits per heavy atom. The highest BCUT2D eigenvalue weighted by atomic mass is 79.9. The second-order valence-corrected chi connectivity index (χ2v) is 6.59. The SMILES string of the molecule is CC(=O)n1c(C2CCN(C(=O)O)CC2)cc2ccc(Br)cc21. The molecule has 3 rings (SSSR count). The van der Waals surface area contributed by atoms with Gasteiger partial charge in [0, 0.05) is 41.5 Å². The summed E-state index contributed by atoms with van der Waals surface area (Å²) < 4.78 is 2.70. The lowest BCUT2D eigenvalue weighted by Crippen LogP contribution is -2.37. The Labute approximate surface area is 136 Å². The summed E-state index contributed by atoms with van der Waals surface area (Å²) in [6.45, 7) is 2.60. The number of hydrogen-bond donors (Lipinski definition) is 1. The van der Waals surface area contributed by atoms with Crippen LogP contribution in [0.1, 0.15) is 36.2 Å². The standard InChI is InChI=1S/C16H17BrN2O3/c1-10(20)19-14(8-12-2-3-13(17)9-15(12)19)11-4-6-18(7-5-11)16(21)22/h2-3,8-9,11H,4-7H2,1H3,(H,21,22). The molecule has 1 aliphatic heterocycles. The van der Waals surface area contributed by atoms with Crippen LogP contribution in [0, 0.1) is 0 Å². The molecule has 1 fully saturated rings. The van der Waals surface area contributed by atoms with Crippen molar-refractivity contribution in [2.75, 3.05) is 13.1 Å². The number of aromatic nitrogens is 1. The van der Waals surface area contributed by atoms with E-state index in [-0.39, 0.29) is 11.8 Å². The van der Waals surface area contributed by atoms with Crippen LogP contribution in [0.2, 0.25) is 0 Å². The molecule has 5 nitrogen and oxygen atoms in total. The number of piperidine rings is 1. The normalized spacial score (nSPS) is 16.2. The lowest BCUT2D eigenvalue weighted by molar-refractivity contribution is 0.0932. The summed E-state index contributed by atoms with van der Waals surface area (Å²) in [5, 5.41) is 10.1. The second-order valence-electron chi connectivity index (χ2n) is 5.67. The Hall–Kier alpha value is -1.82. The minimum absolute atomic E-state index is 0.0104. The molecular formula is C16H17BrN2O3. The monoisotopic (exact) mass is 364 g/mol. The molecule has 0 saturated carbocycles. The highest BCUT2D eigenvalue weighted by molar-refractivity contribution is 9.10. The van der Waals surface area contributed by atoms with E-state index in [0.29, 0.717) is 13.1 Å². The minimum atomic E-state index is -0.866. The number of carboxylic acid groups (broad SMARTS) is 1. The van der Waals surface area contributed by atoms with Crippen molar-refractivity contribution in [3.8, 4) is 0 Å². The van der Waals surface area contributed by atoms with Gasteiger partial charge in [-0.3, -0.25) is 9.36 Å². The van der Waals surface area contributed by atoms with Crippen LogP contribution >= 0.6 is 15.9 Å². The van der Waals surface area contributed by atoms with Crippen molar-refractivity contribution in [2.24, 2.45) is 0 Å². The fourth-order valence-electron chi connectivity index (χ4n) is 3.21. The van der Waals surface area contributed by atoms with Gasteiger partial charge in [0.1, 0.15) is 0 Å². The molecule has 0 bridgehead atoms. The Balaban J connectivity index is 1.99. The summed E-state index contributed by atoms with van der Waals surface area (Å²) in [7, 11) is 0. The number of rotatable bonds is 1. The third kappa shape index (κ3) is 2.63. The average molecular weight is 365 g/mol. The van der Waals surface area contributed by atoms with Gasteiger partial charge in [0.05, 0.1) is 5.52 Å². The van der Waals surface area contributed by atoms with Crippen molar-refractivity contribution in [1.29, 1.82) is 0 Å². The number of amides is 1. The Kier molecular flexibility index (Phi) is 3.95. The van der Waals surface area contributed by atoms with Crippen LogP contribution in [0.4, 0.5) is 4.79 Å². The van der Waals surface area contributed by atoms with Gasteiger partial charge in [-0.15, -0.1) is 0 Å². The van der Waals surface area contributed by atoms with Gasteiger partial charge in [0.2, 0.25) is 5.91 Å². The molecule has 1 amide bonds. The van der Waals surface area contributed by atoms with E-state index in [9.17, 15) is 9.59 Å². The topological polar surface area (TPSA) is 62.5 Å². The third-order valence-electron chi connectivity index (χ3n) is 4.29. The van der Waals surface area contributed by atoms with E-state index in [1.54, 1.807) is 11.5 Å². The van der Waals surface area contributed by atoms with Crippen LogP contribution in [0.3, 0.4) is 0 Å². The first-order valence-corrected chi connectivity index (χ1v) is 8.06. The molecule has 6 heteroatoms. The number of carbonyl (C=O) groups excluding carboxylic acids is 1. The van der Waals surface area contributed by atoms with E-state index in [1.807, 2.05) is 18.2 Å². The van der Waals surface area contributed by atoms with Crippen LogP contribution in [0.15, 0.2) is 28.7 Å². The highest BCUT2D eigenvalue weighted by Gasteiger charge is 2.27. The molecule has 0 spiro atoms. The second kappa shape index (κ2) is 5.76. The van der Waals surface area contributed by atoms with Gasteiger partial charge in [-0.1, -0.05) is 22.0 Å². The smallest absolute Gasteiger partial charge is 0.407 e. The molecule has 0 radical (unpaired) electrons. The minimum Gasteiger partial charge on any atom is -0.465 e. The number of fused-ring (bicyclic) bond motifs is 1. The molecule has 1 aliphatic rings.